The van der Waals surface area contributed by atoms with Crippen molar-refractivity contribution in [2.75, 3.05) is 30.3 Å². The van der Waals surface area contributed by atoms with E-state index in [4.69, 9.17) is 17.3 Å². The van der Waals surface area contributed by atoms with Crippen LogP contribution in [0, 0.1) is 12.8 Å². The minimum Gasteiger partial charge on any atom is -0.368 e. The van der Waals surface area contributed by atoms with E-state index in [1.807, 2.05) is 37.3 Å². The predicted molar refractivity (Wildman–Crippen MR) is 111 cm³/mol. The number of rotatable bonds is 5. The van der Waals surface area contributed by atoms with Crippen molar-refractivity contribution in [3.63, 3.8) is 0 Å². The molecule has 0 spiro atoms. The number of nitrogens with one attached hydrogen (secondary N) is 1. The van der Waals surface area contributed by atoms with Gasteiger partial charge in [-0.3, -0.25) is 4.79 Å². The van der Waals surface area contributed by atoms with Crippen LogP contribution < -0.4 is 16.0 Å². The van der Waals surface area contributed by atoms with Crippen molar-refractivity contribution in [2.45, 2.75) is 38.0 Å². The minimum absolute atomic E-state index is 0.133. The third-order valence-electron chi connectivity index (χ3n) is 5.83. The fraction of sp³-hybridized carbons (Fsp3) is 0.476. The molecule has 2 aliphatic rings. The molecule has 1 saturated heterocycles. The molecule has 7 heteroatoms. The van der Waals surface area contributed by atoms with Gasteiger partial charge in [0.1, 0.15) is 5.82 Å². The average molecular weight is 400 g/mol. The molecule has 1 aromatic carbocycles. The van der Waals surface area contributed by atoms with Crippen molar-refractivity contribution in [3.8, 4) is 0 Å². The smallest absolute Gasteiger partial charge is 0.230 e. The van der Waals surface area contributed by atoms with Crippen LogP contribution in [0.15, 0.2) is 30.3 Å². The molecule has 1 unspecified atom stereocenters. The summed E-state index contributed by atoms with van der Waals surface area (Å²) in [5, 5.41) is 3.90. The van der Waals surface area contributed by atoms with Crippen LogP contribution in [0.3, 0.4) is 0 Å². The lowest BCUT2D eigenvalue weighted by Gasteiger charge is -2.34. The first-order chi connectivity index (χ1) is 13.5. The third-order valence-corrected chi connectivity index (χ3v) is 6.09. The number of aromatic nitrogens is 2. The van der Waals surface area contributed by atoms with Gasteiger partial charge in [-0.15, -0.1) is 0 Å². The van der Waals surface area contributed by atoms with Gasteiger partial charge in [0.15, 0.2) is 0 Å². The number of benzene rings is 1. The van der Waals surface area contributed by atoms with Crippen LogP contribution >= 0.6 is 11.6 Å². The Kier molecular flexibility index (Phi) is 5.15. The zero-order chi connectivity index (χ0) is 19.7. The number of nitrogens with two attached hydrogens (primary N) is 1. The molecular weight excluding hydrogens is 374 g/mol. The van der Waals surface area contributed by atoms with Gasteiger partial charge >= 0.3 is 0 Å². The van der Waals surface area contributed by atoms with Gasteiger partial charge in [0, 0.05) is 36.4 Å². The number of nitrogens with zero attached hydrogens (tertiary/aromatic N) is 3. The van der Waals surface area contributed by atoms with E-state index in [9.17, 15) is 4.79 Å². The van der Waals surface area contributed by atoms with E-state index in [2.05, 4.69) is 20.2 Å². The summed E-state index contributed by atoms with van der Waals surface area (Å²) in [5.41, 5.74) is 7.37. The van der Waals surface area contributed by atoms with Crippen molar-refractivity contribution < 1.29 is 4.79 Å². The maximum Gasteiger partial charge on any atom is 0.230 e. The lowest BCUT2D eigenvalue weighted by atomic mass is 9.93. The van der Waals surface area contributed by atoms with E-state index in [1.165, 1.54) is 0 Å². The zero-order valence-corrected chi connectivity index (χ0v) is 16.9. The highest BCUT2D eigenvalue weighted by molar-refractivity contribution is 6.30. The van der Waals surface area contributed by atoms with Crippen molar-refractivity contribution in [3.05, 3.63) is 46.6 Å². The topological polar surface area (TPSA) is 84.1 Å². The van der Waals surface area contributed by atoms with E-state index in [1.54, 1.807) is 0 Å². The fourth-order valence-corrected chi connectivity index (χ4v) is 4.25. The zero-order valence-electron chi connectivity index (χ0n) is 16.1. The lowest BCUT2D eigenvalue weighted by molar-refractivity contribution is -0.123. The van der Waals surface area contributed by atoms with Gasteiger partial charge in [0.05, 0.1) is 5.41 Å². The monoisotopic (exact) mass is 399 g/mol. The first-order valence-electron chi connectivity index (χ1n) is 9.87. The van der Waals surface area contributed by atoms with Crippen LogP contribution in [-0.4, -0.2) is 35.5 Å². The Bertz CT molecular complexity index is 845. The number of halogens is 1. The van der Waals surface area contributed by atoms with Gasteiger partial charge < -0.3 is 16.0 Å². The van der Waals surface area contributed by atoms with Gasteiger partial charge in [0.25, 0.3) is 0 Å². The third kappa shape index (κ3) is 3.92. The van der Waals surface area contributed by atoms with Crippen LogP contribution in [-0.2, 0) is 10.2 Å². The van der Waals surface area contributed by atoms with Crippen molar-refractivity contribution in [2.24, 2.45) is 5.92 Å². The quantitative estimate of drug-likeness (QED) is 0.807. The summed E-state index contributed by atoms with van der Waals surface area (Å²) in [6.45, 7) is 4.43. The SMILES string of the molecule is Cc1cc(N2CCCC(CNC(=O)C3(c4ccc(Cl)cc4)CC3)C2)nc(N)n1. The molecular formula is C21H26ClN5O. The Morgan fingerprint density at radius 1 is 1.32 bits per heavy atom. The standard InChI is InChI=1S/C21H26ClN5O/c1-14-11-18(26-20(23)25-14)27-10-2-3-15(13-27)12-24-19(28)21(8-9-21)16-4-6-17(22)7-5-16/h4-7,11,15H,2-3,8-10,12-13H2,1H3,(H,24,28)(H2,23,25,26). The molecule has 148 valence electrons. The molecule has 1 aliphatic heterocycles. The Morgan fingerprint density at radius 3 is 2.75 bits per heavy atom. The molecule has 0 bridgehead atoms. The number of hydrogen-bond acceptors (Lipinski definition) is 5. The molecule has 4 rings (SSSR count). The molecule has 6 nitrogen and oxygen atoms in total. The molecule has 2 fully saturated rings. The van der Waals surface area contributed by atoms with Gasteiger partial charge in [-0.2, -0.15) is 4.98 Å². The Hall–Kier alpha value is -2.34. The maximum absolute atomic E-state index is 12.9. The highest BCUT2D eigenvalue weighted by Crippen LogP contribution is 2.48. The van der Waals surface area contributed by atoms with Gasteiger partial charge in [-0.1, -0.05) is 23.7 Å². The minimum atomic E-state index is -0.364. The first-order valence-corrected chi connectivity index (χ1v) is 10.2. The average Bonchev–Trinajstić information content (AvgIpc) is 3.48. The highest BCUT2D eigenvalue weighted by atomic mass is 35.5. The van der Waals surface area contributed by atoms with Crippen molar-refractivity contribution >= 4 is 29.3 Å². The number of anilines is 2. The Balaban J connectivity index is 1.37. The molecule has 1 aromatic heterocycles. The summed E-state index contributed by atoms with van der Waals surface area (Å²) in [7, 11) is 0. The van der Waals surface area contributed by atoms with Crippen molar-refractivity contribution in [1.82, 2.24) is 15.3 Å². The number of carbonyl (C=O) groups is 1. The second kappa shape index (κ2) is 7.59. The van der Waals surface area contributed by atoms with E-state index < -0.39 is 0 Å². The summed E-state index contributed by atoms with van der Waals surface area (Å²) >= 11 is 5.99. The van der Waals surface area contributed by atoms with Crippen LogP contribution in [0.5, 0.6) is 0 Å². The summed E-state index contributed by atoms with van der Waals surface area (Å²) in [6, 6.07) is 9.63. The molecule has 2 aromatic rings. The van der Waals surface area contributed by atoms with E-state index >= 15 is 0 Å². The summed E-state index contributed by atoms with van der Waals surface area (Å²) < 4.78 is 0. The predicted octanol–water partition coefficient (Wildman–Crippen LogP) is 3.09. The van der Waals surface area contributed by atoms with Gasteiger partial charge in [0.2, 0.25) is 11.9 Å². The molecule has 28 heavy (non-hydrogen) atoms. The largest absolute Gasteiger partial charge is 0.368 e. The number of piperidine rings is 1. The molecule has 1 amide bonds. The second-order valence-electron chi connectivity index (χ2n) is 7.98. The summed E-state index contributed by atoms with van der Waals surface area (Å²) in [6.07, 6.45) is 3.98. The van der Waals surface area contributed by atoms with Crippen LogP contribution in [0.4, 0.5) is 11.8 Å². The number of carbonyl (C=O) groups excluding carboxylic acids is 1. The Labute approximate surface area is 170 Å². The second-order valence-corrected chi connectivity index (χ2v) is 8.42. The van der Waals surface area contributed by atoms with E-state index in [0.29, 0.717) is 23.4 Å². The number of nitrogen functional groups attached to an aromatic ring is 1. The van der Waals surface area contributed by atoms with E-state index in [-0.39, 0.29) is 11.3 Å². The number of amides is 1. The van der Waals surface area contributed by atoms with Crippen molar-refractivity contribution in [1.29, 1.82) is 0 Å². The first kappa shape index (κ1) is 19.0. The summed E-state index contributed by atoms with van der Waals surface area (Å²) in [5.74, 6) is 1.72. The lowest BCUT2D eigenvalue weighted by Crippen LogP contribution is -2.43. The normalized spacial score (nSPS) is 20.6. The van der Waals surface area contributed by atoms with Crippen LogP contribution in [0.1, 0.15) is 36.9 Å². The summed E-state index contributed by atoms with van der Waals surface area (Å²) in [4.78, 5) is 23.7. The highest BCUT2D eigenvalue weighted by Gasteiger charge is 2.51. The molecule has 0 radical (unpaired) electrons. The Morgan fingerprint density at radius 2 is 2.07 bits per heavy atom. The van der Waals surface area contributed by atoms with E-state index in [0.717, 1.165) is 55.8 Å². The maximum atomic E-state index is 12.9. The van der Waals surface area contributed by atoms with Crippen LogP contribution in [0.25, 0.3) is 0 Å². The molecule has 1 atom stereocenters. The number of aryl methyl sites for hydroxylation is 1. The van der Waals surface area contributed by atoms with Crippen LogP contribution in [0.2, 0.25) is 5.02 Å². The van der Waals surface area contributed by atoms with Gasteiger partial charge in [-0.05, 0) is 56.2 Å². The van der Waals surface area contributed by atoms with Gasteiger partial charge in [-0.25, -0.2) is 4.98 Å². The molecule has 2 heterocycles. The molecule has 1 aliphatic carbocycles. The molecule has 3 N–H and O–H groups in total. The molecule has 1 saturated carbocycles. The fourth-order valence-electron chi connectivity index (χ4n) is 4.12. The number of hydrogen-bond donors (Lipinski definition) is 2.